The van der Waals surface area contributed by atoms with Gasteiger partial charge >= 0.3 is 6.09 Å². The molecule has 1 amide bonds. The van der Waals surface area contributed by atoms with Gasteiger partial charge in [-0.2, -0.15) is 0 Å². The summed E-state index contributed by atoms with van der Waals surface area (Å²) in [5.74, 6) is 0. The summed E-state index contributed by atoms with van der Waals surface area (Å²) in [6, 6.07) is 0.290. The van der Waals surface area contributed by atoms with Crippen molar-refractivity contribution in [2.75, 3.05) is 6.61 Å². The van der Waals surface area contributed by atoms with Crippen LogP contribution in [0.1, 0.15) is 101 Å². The molecule has 0 saturated carbocycles. The number of carbonyl (C=O) groups is 1. The van der Waals surface area contributed by atoms with Crippen LogP contribution in [0.4, 0.5) is 4.79 Å². The minimum atomic E-state index is -0.232. The molecule has 3 heteroatoms. The molecular weight excluding hydrogens is 370 g/mol. The van der Waals surface area contributed by atoms with Crippen LogP contribution in [0.25, 0.3) is 0 Å². The Labute approximate surface area is 187 Å². The van der Waals surface area contributed by atoms with E-state index in [1.54, 1.807) is 4.90 Å². The van der Waals surface area contributed by atoms with Gasteiger partial charge in [0, 0.05) is 12.1 Å². The van der Waals surface area contributed by atoms with Crippen molar-refractivity contribution >= 4 is 6.09 Å². The first-order valence-electron chi connectivity index (χ1n) is 11.6. The molecule has 0 unspecified atom stereocenters. The first kappa shape index (κ1) is 28.2. The van der Waals surface area contributed by atoms with Crippen molar-refractivity contribution < 1.29 is 9.53 Å². The Morgan fingerprint density at radius 2 is 1.10 bits per heavy atom. The van der Waals surface area contributed by atoms with Gasteiger partial charge in [0.2, 0.25) is 0 Å². The Morgan fingerprint density at radius 3 is 1.50 bits per heavy atom. The Morgan fingerprint density at radius 1 is 0.700 bits per heavy atom. The SMILES string of the molecule is CC(C)=CCC/C(C)=C/CC/C(C)=C/CC/C(C)=C/COC(=O)N(C(C)C)C(C)C. The molecule has 3 nitrogen and oxygen atoms in total. The van der Waals surface area contributed by atoms with Crippen molar-refractivity contribution in [3.05, 3.63) is 46.6 Å². The summed E-state index contributed by atoms with van der Waals surface area (Å²) in [7, 11) is 0. The summed E-state index contributed by atoms with van der Waals surface area (Å²) in [5.41, 5.74) is 5.61. The number of nitrogens with zero attached hydrogens (tertiary/aromatic N) is 1. The van der Waals surface area contributed by atoms with E-state index in [0.29, 0.717) is 6.61 Å². The van der Waals surface area contributed by atoms with Crippen molar-refractivity contribution in [1.29, 1.82) is 0 Å². The first-order valence-corrected chi connectivity index (χ1v) is 11.6. The van der Waals surface area contributed by atoms with Crippen LogP contribution in [-0.2, 0) is 4.74 Å². The van der Waals surface area contributed by atoms with Gasteiger partial charge in [0.25, 0.3) is 0 Å². The molecule has 0 rings (SSSR count). The van der Waals surface area contributed by atoms with Gasteiger partial charge in [0.05, 0.1) is 0 Å². The van der Waals surface area contributed by atoms with E-state index in [9.17, 15) is 4.79 Å². The van der Waals surface area contributed by atoms with Gasteiger partial charge < -0.3 is 9.64 Å². The van der Waals surface area contributed by atoms with Gasteiger partial charge in [-0.25, -0.2) is 4.79 Å². The lowest BCUT2D eigenvalue weighted by Crippen LogP contribution is -2.42. The average Bonchev–Trinajstić information content (AvgIpc) is 2.60. The highest BCUT2D eigenvalue weighted by molar-refractivity contribution is 5.68. The minimum Gasteiger partial charge on any atom is -0.445 e. The second kappa shape index (κ2) is 16.0. The monoisotopic (exact) mass is 417 g/mol. The van der Waals surface area contributed by atoms with Crippen LogP contribution >= 0.6 is 0 Å². The van der Waals surface area contributed by atoms with Gasteiger partial charge in [-0.15, -0.1) is 0 Å². The molecule has 0 aromatic carbocycles. The average molecular weight is 418 g/mol. The van der Waals surface area contributed by atoms with E-state index in [1.807, 2.05) is 33.8 Å². The van der Waals surface area contributed by atoms with Crippen molar-refractivity contribution in [2.24, 2.45) is 0 Å². The van der Waals surface area contributed by atoms with Crippen LogP contribution in [0.3, 0.4) is 0 Å². The number of hydrogen-bond acceptors (Lipinski definition) is 2. The maximum atomic E-state index is 12.2. The molecule has 0 aliphatic heterocycles. The first-order chi connectivity index (χ1) is 14.0. The third-order valence-electron chi connectivity index (χ3n) is 5.12. The molecule has 0 fully saturated rings. The lowest BCUT2D eigenvalue weighted by Gasteiger charge is -2.29. The molecule has 30 heavy (non-hydrogen) atoms. The summed E-state index contributed by atoms with van der Waals surface area (Å²) < 4.78 is 5.43. The second-order valence-electron chi connectivity index (χ2n) is 9.22. The summed E-state index contributed by atoms with van der Waals surface area (Å²) in [5, 5.41) is 0. The van der Waals surface area contributed by atoms with Gasteiger partial charge in [-0.05, 0) is 107 Å². The molecule has 0 aromatic rings. The molecule has 0 bridgehead atoms. The normalized spacial score (nSPS) is 13.1. The van der Waals surface area contributed by atoms with Crippen LogP contribution < -0.4 is 0 Å². The van der Waals surface area contributed by atoms with Crippen molar-refractivity contribution in [3.8, 4) is 0 Å². The van der Waals surface area contributed by atoms with E-state index >= 15 is 0 Å². The Kier molecular flexibility index (Phi) is 15.0. The van der Waals surface area contributed by atoms with E-state index in [-0.39, 0.29) is 18.2 Å². The second-order valence-corrected chi connectivity index (χ2v) is 9.22. The molecule has 0 heterocycles. The van der Waals surface area contributed by atoms with Crippen molar-refractivity contribution in [2.45, 2.75) is 113 Å². The van der Waals surface area contributed by atoms with E-state index in [4.69, 9.17) is 4.74 Å². The Balaban J connectivity index is 4.22. The van der Waals surface area contributed by atoms with Crippen molar-refractivity contribution in [1.82, 2.24) is 4.90 Å². The number of hydrogen-bond donors (Lipinski definition) is 0. The standard InChI is InChI=1S/C27H47NO2/c1-21(2)13-10-14-24(7)15-11-16-25(8)17-12-18-26(9)19-20-30-27(29)28(22(3)4)23(5)6/h13,15,17,19,22-23H,10-12,14,16,18,20H2,1-9H3/b24-15+,25-17+,26-19+. The number of amides is 1. The van der Waals surface area contributed by atoms with Crippen molar-refractivity contribution in [3.63, 3.8) is 0 Å². The highest BCUT2D eigenvalue weighted by Crippen LogP contribution is 2.14. The van der Waals surface area contributed by atoms with Crippen LogP contribution in [0.5, 0.6) is 0 Å². The molecule has 0 aliphatic carbocycles. The lowest BCUT2D eigenvalue weighted by atomic mass is 10.0. The zero-order valence-electron chi connectivity index (χ0n) is 21.2. The third-order valence-corrected chi connectivity index (χ3v) is 5.12. The predicted octanol–water partition coefficient (Wildman–Crippen LogP) is 8.39. The fraction of sp³-hybridized carbons (Fsp3) is 0.667. The maximum absolute atomic E-state index is 12.2. The molecule has 0 spiro atoms. The fourth-order valence-electron chi connectivity index (χ4n) is 3.33. The van der Waals surface area contributed by atoms with Crippen LogP contribution in [-0.4, -0.2) is 29.7 Å². The number of rotatable bonds is 13. The van der Waals surface area contributed by atoms with E-state index < -0.39 is 0 Å². The summed E-state index contributed by atoms with van der Waals surface area (Å²) in [6.07, 6.45) is 15.4. The van der Waals surface area contributed by atoms with E-state index in [2.05, 4.69) is 52.8 Å². The summed E-state index contributed by atoms with van der Waals surface area (Å²) in [6.45, 7) is 19.3. The smallest absolute Gasteiger partial charge is 0.410 e. The highest BCUT2D eigenvalue weighted by Gasteiger charge is 2.20. The number of ether oxygens (including phenoxy) is 1. The molecule has 0 radical (unpaired) electrons. The quantitative estimate of drug-likeness (QED) is 0.282. The van der Waals surface area contributed by atoms with Crippen LogP contribution in [0.15, 0.2) is 46.6 Å². The van der Waals surface area contributed by atoms with Gasteiger partial charge in [0.1, 0.15) is 6.61 Å². The topological polar surface area (TPSA) is 29.5 Å². The van der Waals surface area contributed by atoms with Crippen LogP contribution in [0.2, 0.25) is 0 Å². The molecular formula is C27H47NO2. The van der Waals surface area contributed by atoms with Gasteiger partial charge in [-0.3, -0.25) is 0 Å². The molecule has 0 aromatic heterocycles. The zero-order valence-corrected chi connectivity index (χ0v) is 21.2. The zero-order chi connectivity index (χ0) is 23.1. The summed E-state index contributed by atoms with van der Waals surface area (Å²) >= 11 is 0. The molecule has 0 N–H and O–H groups in total. The molecule has 0 aliphatic rings. The molecule has 172 valence electrons. The Hall–Kier alpha value is -1.77. The van der Waals surface area contributed by atoms with Gasteiger partial charge in [-0.1, -0.05) is 40.5 Å². The fourth-order valence-corrected chi connectivity index (χ4v) is 3.33. The minimum absolute atomic E-state index is 0.145. The van der Waals surface area contributed by atoms with E-state index in [1.165, 1.54) is 22.3 Å². The number of carbonyl (C=O) groups excluding carboxylic acids is 1. The third kappa shape index (κ3) is 14.3. The largest absolute Gasteiger partial charge is 0.445 e. The summed E-state index contributed by atoms with van der Waals surface area (Å²) in [4.78, 5) is 14.0. The predicted molar refractivity (Wildman–Crippen MR) is 132 cm³/mol. The number of allylic oxidation sites excluding steroid dienone is 7. The molecule has 0 atom stereocenters. The molecule has 0 saturated heterocycles. The highest BCUT2D eigenvalue weighted by atomic mass is 16.6. The maximum Gasteiger partial charge on any atom is 0.410 e. The van der Waals surface area contributed by atoms with Crippen LogP contribution in [0, 0.1) is 0 Å². The van der Waals surface area contributed by atoms with Gasteiger partial charge in [0.15, 0.2) is 0 Å². The van der Waals surface area contributed by atoms with E-state index in [0.717, 1.165) is 38.5 Å². The Bertz CT molecular complexity index is 609. The lowest BCUT2D eigenvalue weighted by molar-refractivity contribution is 0.0874.